The van der Waals surface area contributed by atoms with Crippen molar-refractivity contribution in [1.82, 2.24) is 5.32 Å². The fourth-order valence-corrected chi connectivity index (χ4v) is 1.18. The molecule has 0 fully saturated rings. The van der Waals surface area contributed by atoms with E-state index in [4.69, 9.17) is 21.2 Å². The summed E-state index contributed by atoms with van der Waals surface area (Å²) in [6, 6.07) is 0.689. The third kappa shape index (κ3) is 10.3. The van der Waals surface area contributed by atoms with Crippen LogP contribution in [0.1, 0.15) is 34.1 Å². The van der Waals surface area contributed by atoms with Crippen LogP contribution in [0.3, 0.4) is 0 Å². The van der Waals surface area contributed by atoms with E-state index in [1.54, 1.807) is 13.8 Å². The normalized spacial score (nSPS) is 13.1. The zero-order chi connectivity index (χ0) is 16.3. The Morgan fingerprint density at radius 1 is 1.15 bits per heavy atom. The minimum Gasteiger partial charge on any atom is -0.480 e. The number of nitrogens with two attached hydrogens (primary N) is 1. The Labute approximate surface area is 119 Å². The number of hydrogen-bond donors (Lipinski definition) is 4. The minimum atomic E-state index is -0.931. The van der Waals surface area contributed by atoms with Gasteiger partial charge in [0.15, 0.2) is 0 Å². The zero-order valence-corrected chi connectivity index (χ0v) is 12.5. The largest absolute Gasteiger partial charge is 0.480 e. The number of carbonyl (C=O) groups is 2. The van der Waals surface area contributed by atoms with Gasteiger partial charge < -0.3 is 21.3 Å². The van der Waals surface area contributed by atoms with Gasteiger partial charge in [-0.1, -0.05) is 27.7 Å². The molecule has 7 nitrogen and oxygen atoms in total. The summed E-state index contributed by atoms with van der Waals surface area (Å²) in [4.78, 5) is 20.6. The van der Waals surface area contributed by atoms with Crippen molar-refractivity contribution in [2.24, 2.45) is 17.6 Å². The standard InChI is InChI=1S/C8H14N2O2.C5H11NO2/c1-6(2)7(8(11)12)10-5-3-4-9;1-3(2)4(6)5(7)8/h6-7,10H,3,5H2,1-2H3,(H,11,12);3-4H,6H2,1-2H3,(H,7,8)/t7-;4-/m00/s1. The SMILES string of the molecule is CC(C)[C@H](N)C(=O)O.CC(C)[C@H](NCCC#N)C(=O)O. The average Bonchev–Trinajstić information content (AvgIpc) is 2.33. The smallest absolute Gasteiger partial charge is 0.320 e. The van der Waals surface area contributed by atoms with Gasteiger partial charge in [-0.2, -0.15) is 5.26 Å². The highest BCUT2D eigenvalue weighted by Gasteiger charge is 2.19. The molecule has 0 aromatic rings. The van der Waals surface area contributed by atoms with Crippen molar-refractivity contribution >= 4 is 11.9 Å². The first-order chi connectivity index (χ1) is 9.14. The van der Waals surface area contributed by atoms with E-state index in [0.29, 0.717) is 13.0 Å². The lowest BCUT2D eigenvalue weighted by Crippen LogP contribution is -2.41. The molecule has 0 aromatic heterocycles. The van der Waals surface area contributed by atoms with Crippen LogP contribution in [0.2, 0.25) is 0 Å². The Kier molecular flexibility index (Phi) is 11.6. The Bertz CT molecular complexity index is 337. The van der Waals surface area contributed by atoms with Crippen molar-refractivity contribution in [3.8, 4) is 6.07 Å². The zero-order valence-electron chi connectivity index (χ0n) is 12.5. The summed E-state index contributed by atoms with van der Waals surface area (Å²) >= 11 is 0. The molecule has 0 unspecified atom stereocenters. The Balaban J connectivity index is 0. The second-order valence-corrected chi connectivity index (χ2v) is 5.03. The van der Waals surface area contributed by atoms with Crippen molar-refractivity contribution in [2.45, 2.75) is 46.2 Å². The summed E-state index contributed by atoms with van der Waals surface area (Å²) in [5.74, 6) is -1.73. The fourth-order valence-electron chi connectivity index (χ4n) is 1.18. The molecule has 0 spiro atoms. The molecule has 116 valence electrons. The maximum Gasteiger partial charge on any atom is 0.320 e. The van der Waals surface area contributed by atoms with Crippen LogP contribution in [0, 0.1) is 23.2 Å². The molecular formula is C13H25N3O4. The lowest BCUT2D eigenvalue weighted by molar-refractivity contribution is -0.141. The predicted octanol–water partition coefficient (Wildman–Crippen LogP) is 0.653. The van der Waals surface area contributed by atoms with E-state index in [-0.39, 0.29) is 11.8 Å². The number of hydrogen-bond acceptors (Lipinski definition) is 5. The molecule has 5 N–H and O–H groups in total. The third-order valence-electron chi connectivity index (χ3n) is 2.54. The molecule has 0 saturated heterocycles. The molecule has 0 aliphatic rings. The summed E-state index contributed by atoms with van der Waals surface area (Å²) in [7, 11) is 0. The summed E-state index contributed by atoms with van der Waals surface area (Å²) in [5.41, 5.74) is 5.16. The Hall–Kier alpha value is -1.65. The number of carboxylic acids is 2. The van der Waals surface area contributed by atoms with Crippen LogP contribution < -0.4 is 11.1 Å². The number of rotatable bonds is 7. The van der Waals surface area contributed by atoms with Crippen molar-refractivity contribution < 1.29 is 19.8 Å². The molecule has 0 heterocycles. The molecule has 0 rings (SSSR count). The van der Waals surface area contributed by atoms with Crippen LogP contribution in [0.4, 0.5) is 0 Å². The maximum atomic E-state index is 10.6. The Morgan fingerprint density at radius 2 is 1.65 bits per heavy atom. The molecule has 0 aromatic carbocycles. The quantitative estimate of drug-likeness (QED) is 0.504. The summed E-state index contributed by atoms with van der Waals surface area (Å²) in [6.45, 7) is 7.65. The van der Waals surface area contributed by atoms with Crippen LogP contribution in [0.25, 0.3) is 0 Å². The van der Waals surface area contributed by atoms with Gasteiger partial charge >= 0.3 is 11.9 Å². The van der Waals surface area contributed by atoms with Crippen molar-refractivity contribution in [3.05, 3.63) is 0 Å². The van der Waals surface area contributed by atoms with Gasteiger partial charge in [-0.15, -0.1) is 0 Å². The molecule has 0 saturated carbocycles. The van der Waals surface area contributed by atoms with E-state index >= 15 is 0 Å². The Morgan fingerprint density at radius 3 is 1.85 bits per heavy atom. The monoisotopic (exact) mass is 287 g/mol. The van der Waals surface area contributed by atoms with Gasteiger partial charge in [0.2, 0.25) is 0 Å². The van der Waals surface area contributed by atoms with E-state index in [9.17, 15) is 9.59 Å². The van der Waals surface area contributed by atoms with Gasteiger partial charge in [0.1, 0.15) is 12.1 Å². The minimum absolute atomic E-state index is 0.0208. The molecule has 0 aliphatic heterocycles. The predicted molar refractivity (Wildman–Crippen MR) is 74.9 cm³/mol. The maximum absolute atomic E-state index is 10.6. The van der Waals surface area contributed by atoms with Crippen molar-refractivity contribution in [3.63, 3.8) is 0 Å². The molecule has 0 radical (unpaired) electrons. The first-order valence-corrected chi connectivity index (χ1v) is 6.46. The summed E-state index contributed by atoms with van der Waals surface area (Å²) < 4.78 is 0. The summed E-state index contributed by atoms with van der Waals surface area (Å²) in [6.07, 6.45) is 0.344. The van der Waals surface area contributed by atoms with Crippen LogP contribution >= 0.6 is 0 Å². The van der Waals surface area contributed by atoms with Crippen LogP contribution in [-0.2, 0) is 9.59 Å². The second-order valence-electron chi connectivity index (χ2n) is 5.03. The first kappa shape index (κ1) is 20.7. The lowest BCUT2D eigenvalue weighted by atomic mass is 10.1. The highest BCUT2D eigenvalue weighted by Crippen LogP contribution is 2.01. The van der Waals surface area contributed by atoms with Crippen molar-refractivity contribution in [1.29, 1.82) is 5.26 Å². The van der Waals surface area contributed by atoms with Crippen LogP contribution in [0.5, 0.6) is 0 Å². The van der Waals surface area contributed by atoms with E-state index < -0.39 is 24.0 Å². The second kappa shape index (κ2) is 11.2. The summed E-state index contributed by atoms with van der Waals surface area (Å²) in [5, 5.41) is 27.9. The highest BCUT2D eigenvalue weighted by atomic mass is 16.4. The molecule has 20 heavy (non-hydrogen) atoms. The number of nitrogens with zero attached hydrogens (tertiary/aromatic N) is 1. The van der Waals surface area contributed by atoms with Gasteiger partial charge in [0.25, 0.3) is 0 Å². The molecular weight excluding hydrogens is 262 g/mol. The van der Waals surface area contributed by atoms with E-state index in [2.05, 4.69) is 5.32 Å². The van der Waals surface area contributed by atoms with Crippen LogP contribution in [-0.4, -0.2) is 40.8 Å². The first-order valence-electron chi connectivity index (χ1n) is 6.46. The molecule has 0 aliphatic carbocycles. The van der Waals surface area contributed by atoms with Gasteiger partial charge in [-0.05, 0) is 11.8 Å². The van der Waals surface area contributed by atoms with Gasteiger partial charge in [0.05, 0.1) is 6.07 Å². The average molecular weight is 287 g/mol. The number of nitrogens with one attached hydrogen (secondary N) is 1. The third-order valence-corrected chi connectivity index (χ3v) is 2.54. The number of nitriles is 1. The topological polar surface area (TPSA) is 136 Å². The molecule has 2 atom stereocenters. The fraction of sp³-hybridized carbons (Fsp3) is 0.769. The van der Waals surface area contributed by atoms with Crippen molar-refractivity contribution in [2.75, 3.05) is 6.54 Å². The van der Waals surface area contributed by atoms with Gasteiger partial charge in [0, 0.05) is 13.0 Å². The van der Waals surface area contributed by atoms with E-state index in [1.807, 2.05) is 19.9 Å². The van der Waals surface area contributed by atoms with Gasteiger partial charge in [-0.3, -0.25) is 9.59 Å². The lowest BCUT2D eigenvalue weighted by Gasteiger charge is -2.16. The molecule has 0 amide bonds. The number of carboxylic acid groups (broad SMARTS) is 2. The molecule has 7 heteroatoms. The highest BCUT2D eigenvalue weighted by molar-refractivity contribution is 5.73. The van der Waals surface area contributed by atoms with E-state index in [0.717, 1.165) is 0 Å². The molecule has 0 bridgehead atoms. The van der Waals surface area contributed by atoms with Crippen LogP contribution in [0.15, 0.2) is 0 Å². The number of aliphatic carboxylic acids is 2. The van der Waals surface area contributed by atoms with Gasteiger partial charge in [-0.25, -0.2) is 0 Å². The van der Waals surface area contributed by atoms with E-state index in [1.165, 1.54) is 0 Å².